The second kappa shape index (κ2) is 18.2. The van der Waals surface area contributed by atoms with Crippen molar-refractivity contribution in [2.75, 3.05) is 20.3 Å². The van der Waals surface area contributed by atoms with Crippen LogP contribution in [-0.2, 0) is 38.1 Å². The third-order valence-corrected chi connectivity index (χ3v) is 14.3. The average molecular weight is 1060 g/mol. The van der Waals surface area contributed by atoms with Crippen molar-refractivity contribution in [3.05, 3.63) is 47.0 Å². The molecule has 1 aliphatic heterocycles. The number of nitrogens with one attached hydrogen (secondary N) is 1. The zero-order chi connectivity index (χ0) is 43.6. The number of Topliss-reactive ketones (excluding diaryl/α,β-unsaturated/α-hetero) is 1. The Morgan fingerprint density at radius 1 is 1.00 bits per heavy atom. The Kier molecular flexibility index (Phi) is 14.8. The molecule has 1 amide bonds. The molecule has 1 aromatic carbocycles. The predicted molar refractivity (Wildman–Crippen MR) is 200 cm³/mol. The molecule has 9 N–H and O–H groups in total. The summed E-state index contributed by atoms with van der Waals surface area (Å²) in [6.45, 7) is 6.17. The normalized spacial score (nSPS) is 40.4. The van der Waals surface area contributed by atoms with Crippen LogP contribution in [0.3, 0.4) is 0 Å². The molecule has 60 heavy (non-hydrogen) atoms. The first kappa shape index (κ1) is 48.9. The van der Waals surface area contributed by atoms with Gasteiger partial charge in [0, 0.05) is 61.8 Å². The molecule has 0 spiro atoms. The third-order valence-electron chi connectivity index (χ3n) is 14.3. The van der Waals surface area contributed by atoms with Crippen molar-refractivity contribution in [1.82, 2.24) is 5.32 Å². The molecule has 1 saturated heterocycles. The van der Waals surface area contributed by atoms with Gasteiger partial charge in [0.2, 0.25) is 0 Å². The van der Waals surface area contributed by atoms with E-state index < -0.39 is 138 Å². The number of hydrogen-bond acceptors (Lipinski definition) is 17. The molecular weight excluding hydrogens is 1010 g/mol. The van der Waals surface area contributed by atoms with Crippen molar-refractivity contribution >= 4 is 23.8 Å². The van der Waals surface area contributed by atoms with Gasteiger partial charge in [-0.15, -0.1) is 0 Å². The van der Waals surface area contributed by atoms with Gasteiger partial charge in [-0.2, -0.15) is 0 Å². The number of aliphatic hydroxyl groups excluding tert-OH is 6. The van der Waals surface area contributed by atoms with Crippen molar-refractivity contribution in [2.24, 2.45) is 28.6 Å². The van der Waals surface area contributed by atoms with Gasteiger partial charge in [-0.05, 0) is 61.7 Å². The molecule has 6 rings (SSSR count). The number of hydrogen-bond donors (Lipinski definition) is 9. The number of benzene rings is 1. The second-order valence-electron chi connectivity index (χ2n) is 17.5. The maximum Gasteiger partial charge on any atom is 0.407 e. The summed E-state index contributed by atoms with van der Waals surface area (Å²) in [5, 5.41) is 91.6. The van der Waals surface area contributed by atoms with Crippen LogP contribution in [0, 0.1) is 72.6 Å². The summed E-state index contributed by atoms with van der Waals surface area (Å²) in [5.41, 5.74) is -6.19. The van der Waals surface area contributed by atoms with Gasteiger partial charge in [0.25, 0.3) is 0 Å². The Balaban J connectivity index is 0.00000683. The van der Waals surface area contributed by atoms with Gasteiger partial charge in [0.15, 0.2) is 24.3 Å². The molecule has 331 valence electrons. The average Bonchev–Trinajstić information content (AvgIpc) is 3.20. The molecule has 5 aliphatic rings. The molecule has 12 unspecified atom stereocenters. The van der Waals surface area contributed by atoms with Gasteiger partial charge in [0.1, 0.15) is 37.1 Å². The molecule has 18 nitrogen and oxygen atoms in total. The fourth-order valence-electron chi connectivity index (χ4n) is 10.8. The fourth-order valence-corrected chi connectivity index (χ4v) is 10.8. The van der Waals surface area contributed by atoms with Gasteiger partial charge < -0.3 is 69.9 Å². The van der Waals surface area contributed by atoms with Crippen molar-refractivity contribution in [3.8, 4) is 0 Å². The van der Waals surface area contributed by atoms with E-state index >= 15 is 4.79 Å². The predicted octanol–water partition coefficient (Wildman–Crippen LogP) is -0.691. The fraction of sp³-hybridized carbons (Fsp3) is 0.707. The molecule has 1 aromatic rings. The molecule has 2 bridgehead atoms. The minimum absolute atomic E-state index is 0. The quantitative estimate of drug-likeness (QED) is 0.0797. The van der Waals surface area contributed by atoms with Crippen LogP contribution < -0.4 is 5.32 Å². The zero-order valence-corrected chi connectivity index (χ0v) is 39.2. The smallest absolute Gasteiger partial charge is 0.407 e. The van der Waals surface area contributed by atoms with Gasteiger partial charge in [-0.25, -0.2) is 14.4 Å². The number of esters is 2. The van der Waals surface area contributed by atoms with E-state index in [2.05, 4.69) is 5.32 Å². The Morgan fingerprint density at radius 3 is 2.23 bits per heavy atom. The number of carbonyl (C=O) groups excluding carboxylic acids is 4. The minimum atomic E-state index is -2.01. The van der Waals surface area contributed by atoms with Crippen LogP contribution in [0.1, 0.15) is 71.9 Å². The monoisotopic (exact) mass is 1060 g/mol. The largest absolute Gasteiger partial charge is 0.456 e. The number of methoxy groups -OCH3 is 1. The number of aliphatic hydroxyl groups is 8. The van der Waals surface area contributed by atoms with E-state index in [0.29, 0.717) is 12.0 Å². The number of rotatable bonds is 10. The third kappa shape index (κ3) is 8.02. The van der Waals surface area contributed by atoms with Crippen molar-refractivity contribution in [2.45, 2.75) is 133 Å². The first-order valence-corrected chi connectivity index (χ1v) is 19.9. The summed E-state index contributed by atoms with van der Waals surface area (Å²) in [6, 6.07) is 6.74. The molecular formula is C41H57AcNO17. The molecule has 16 atom stereocenters. The minimum Gasteiger partial charge on any atom is -0.456 e. The zero-order valence-electron chi connectivity index (χ0n) is 34.5. The maximum atomic E-state index is 15.3. The Labute approximate surface area is 383 Å². The molecule has 19 heteroatoms. The summed E-state index contributed by atoms with van der Waals surface area (Å²) in [6.07, 6.45) is -15.4. The maximum absolute atomic E-state index is 15.3. The number of carbonyl (C=O) groups is 4. The summed E-state index contributed by atoms with van der Waals surface area (Å²) < 4.78 is 27.4. The van der Waals surface area contributed by atoms with Crippen molar-refractivity contribution in [3.63, 3.8) is 0 Å². The summed E-state index contributed by atoms with van der Waals surface area (Å²) in [4.78, 5) is 55.3. The first-order chi connectivity index (χ1) is 27.6. The van der Waals surface area contributed by atoms with Gasteiger partial charge in [-0.3, -0.25) is 4.79 Å². The Bertz CT molecular complexity index is 1810. The molecule has 1 radical (unpaired) electrons. The molecule has 1 heterocycles. The van der Waals surface area contributed by atoms with Crippen LogP contribution in [0.5, 0.6) is 0 Å². The SMILES string of the molecule is COC(=O)NC(c1ccccc1)C(O)C(=O)OC1CC2(O)[C@@H](C)C3[C@](C)(C(=O)C(OC(=O)COC4OC(CO)C(O)C(O)C4O)C(=C1C)C2(C)C)C(O)C[C@H]1CC[C@@]31O.[Ac]. The van der Waals surface area contributed by atoms with Crippen LogP contribution in [0.15, 0.2) is 41.5 Å². The van der Waals surface area contributed by atoms with Crippen LogP contribution in [-0.4, -0.2) is 151 Å². The Hall–Kier alpha value is -2.12. The van der Waals surface area contributed by atoms with E-state index in [9.17, 15) is 55.2 Å². The van der Waals surface area contributed by atoms with E-state index in [4.69, 9.17) is 23.7 Å². The molecule has 4 aliphatic carbocycles. The number of fused-ring (bicyclic) bond motifs is 5. The van der Waals surface area contributed by atoms with E-state index in [1.54, 1.807) is 51.1 Å². The molecule has 0 aromatic heterocycles. The van der Waals surface area contributed by atoms with Crippen LogP contribution in [0.2, 0.25) is 0 Å². The Morgan fingerprint density at radius 2 is 1.65 bits per heavy atom. The summed E-state index contributed by atoms with van der Waals surface area (Å²) >= 11 is 0. The number of ketones is 1. The first-order valence-electron chi connectivity index (χ1n) is 19.9. The van der Waals surface area contributed by atoms with Gasteiger partial charge in [0.05, 0.1) is 42.5 Å². The standard InChI is InChI=1S/C41H57NO17.Ac/c1-18-22(57-35(51)29(47)27(42-37(52)55-6)20-10-8-7-9-11-20)15-41(54)19(2)33-39(5,24(44)14-21-12-13-40(21,33)53)34(50)32(26(18)38(41,3)4)59-25(45)17-56-36-31(49)30(48)28(46)23(16-43)58-36;/h7-11,19,21-24,27-33,36,43-44,46-49,53-54H,12-17H2,1-6H3,(H,42,52);/t19-,21+,22?,23?,24?,27?,28?,29?,30?,31?,32?,33?,36?,39+,40-,41?;/m0./s1. The summed E-state index contributed by atoms with van der Waals surface area (Å²) in [7, 11) is 1.11. The van der Waals surface area contributed by atoms with Crippen molar-refractivity contribution in [1.29, 1.82) is 0 Å². The number of amides is 1. The summed E-state index contributed by atoms with van der Waals surface area (Å²) in [5.74, 6) is -5.69. The van der Waals surface area contributed by atoms with Crippen molar-refractivity contribution < 1.29 is 128 Å². The number of ether oxygens (including phenoxy) is 5. The topological polar surface area (TPSA) is 288 Å². The second-order valence-corrected chi connectivity index (χ2v) is 17.5. The molecule has 3 saturated carbocycles. The van der Waals surface area contributed by atoms with E-state index in [0.717, 1.165) is 7.11 Å². The number of alkyl carbamates (subject to hydrolysis) is 1. The van der Waals surface area contributed by atoms with Crippen LogP contribution in [0.4, 0.5) is 4.79 Å². The van der Waals surface area contributed by atoms with Crippen LogP contribution >= 0.6 is 0 Å². The van der Waals surface area contributed by atoms with E-state index in [1.807, 2.05) is 0 Å². The van der Waals surface area contributed by atoms with Gasteiger partial charge in [-0.1, -0.05) is 51.1 Å². The molecule has 4 fully saturated rings. The van der Waals surface area contributed by atoms with Gasteiger partial charge >= 0.3 is 18.0 Å². The van der Waals surface area contributed by atoms with E-state index in [-0.39, 0.29) is 74.5 Å². The van der Waals surface area contributed by atoms with Crippen LogP contribution in [0.25, 0.3) is 0 Å². The van der Waals surface area contributed by atoms with E-state index in [1.165, 1.54) is 13.8 Å².